The van der Waals surface area contributed by atoms with Crippen molar-refractivity contribution in [3.63, 3.8) is 0 Å². The normalized spacial score (nSPS) is 12.3. The number of imidazole rings is 1. The van der Waals surface area contributed by atoms with Gasteiger partial charge in [0.05, 0.1) is 29.7 Å². The number of carbonyl (C=O) groups excluding carboxylic acids is 1. The van der Waals surface area contributed by atoms with E-state index in [1.807, 2.05) is 22.8 Å². The first-order valence-corrected chi connectivity index (χ1v) is 12.0. The van der Waals surface area contributed by atoms with E-state index in [9.17, 15) is 9.18 Å². The van der Waals surface area contributed by atoms with Crippen molar-refractivity contribution in [2.75, 3.05) is 13.4 Å². The molecule has 0 radical (unpaired) electrons. The van der Waals surface area contributed by atoms with Crippen LogP contribution in [0.4, 0.5) is 4.39 Å². The molecule has 9 heteroatoms. The molecule has 3 aromatic carbocycles. The molecule has 0 aliphatic carbocycles. The van der Waals surface area contributed by atoms with E-state index in [0.717, 1.165) is 16.6 Å². The van der Waals surface area contributed by atoms with Gasteiger partial charge in [-0.25, -0.2) is 14.2 Å². The minimum atomic E-state index is -0.398. The van der Waals surface area contributed by atoms with E-state index in [0.29, 0.717) is 51.7 Å². The lowest BCUT2D eigenvalue weighted by Crippen LogP contribution is -2.05. The maximum atomic E-state index is 13.8. The maximum absolute atomic E-state index is 13.8. The SMILES string of the molecule is CCOC(=O)c1ccc2c(c1)nc(SCc1cc3c(cc1Cl)OCO3)n2Cc1cccc(F)c1. The van der Waals surface area contributed by atoms with Gasteiger partial charge in [0.25, 0.3) is 0 Å². The molecule has 0 unspecified atom stereocenters. The minimum Gasteiger partial charge on any atom is -0.462 e. The van der Waals surface area contributed by atoms with Crippen LogP contribution in [0.3, 0.4) is 0 Å². The van der Waals surface area contributed by atoms with E-state index in [1.165, 1.54) is 23.9 Å². The standard InChI is InChI=1S/C25H20ClFN2O4S/c1-2-31-24(30)16-6-7-21-20(9-16)28-25(29(21)12-15-4-3-5-18(27)8-15)34-13-17-10-22-23(11-19(17)26)33-14-32-22/h3-11H,2,12-14H2,1H3. The van der Waals surface area contributed by atoms with Crippen molar-refractivity contribution >= 4 is 40.4 Å². The van der Waals surface area contributed by atoms with Crippen molar-refractivity contribution in [2.24, 2.45) is 0 Å². The molecule has 5 rings (SSSR count). The third kappa shape index (κ3) is 4.56. The van der Waals surface area contributed by atoms with E-state index in [-0.39, 0.29) is 12.6 Å². The molecule has 0 fully saturated rings. The number of esters is 1. The third-order valence-corrected chi connectivity index (χ3v) is 6.73. The van der Waals surface area contributed by atoms with E-state index in [2.05, 4.69) is 0 Å². The average molecular weight is 499 g/mol. The molecule has 0 amide bonds. The summed E-state index contributed by atoms with van der Waals surface area (Å²) < 4.78 is 31.8. The second-order valence-electron chi connectivity index (χ2n) is 7.62. The molecule has 6 nitrogen and oxygen atoms in total. The fourth-order valence-electron chi connectivity index (χ4n) is 3.74. The van der Waals surface area contributed by atoms with Gasteiger partial charge in [-0.05, 0) is 54.4 Å². The molecule has 0 saturated heterocycles. The Balaban J connectivity index is 1.50. The largest absolute Gasteiger partial charge is 0.462 e. The molecular weight excluding hydrogens is 479 g/mol. The summed E-state index contributed by atoms with van der Waals surface area (Å²) in [6, 6.07) is 15.4. The Morgan fingerprint density at radius 3 is 2.79 bits per heavy atom. The average Bonchev–Trinajstić information content (AvgIpc) is 3.41. The first-order chi connectivity index (χ1) is 16.5. The van der Waals surface area contributed by atoms with Crippen molar-refractivity contribution in [3.8, 4) is 11.5 Å². The van der Waals surface area contributed by atoms with E-state index >= 15 is 0 Å². The highest BCUT2D eigenvalue weighted by Gasteiger charge is 2.19. The molecule has 2 heterocycles. The first-order valence-electron chi connectivity index (χ1n) is 10.6. The minimum absolute atomic E-state index is 0.175. The number of thioether (sulfide) groups is 1. The number of benzene rings is 3. The number of aromatic nitrogens is 2. The van der Waals surface area contributed by atoms with Crippen LogP contribution in [0.25, 0.3) is 11.0 Å². The number of nitrogens with zero attached hydrogens (tertiary/aromatic N) is 2. The number of fused-ring (bicyclic) bond motifs is 2. The highest BCUT2D eigenvalue weighted by molar-refractivity contribution is 7.98. The highest BCUT2D eigenvalue weighted by atomic mass is 35.5. The molecule has 4 aromatic rings. The van der Waals surface area contributed by atoms with Gasteiger partial charge >= 0.3 is 5.97 Å². The van der Waals surface area contributed by atoms with Gasteiger partial charge in [-0.15, -0.1) is 0 Å². The Hall–Kier alpha value is -3.23. The Kier molecular flexibility index (Phi) is 6.34. The molecule has 0 spiro atoms. The third-order valence-electron chi connectivity index (χ3n) is 5.35. The monoisotopic (exact) mass is 498 g/mol. The number of ether oxygens (including phenoxy) is 3. The smallest absolute Gasteiger partial charge is 0.338 e. The van der Waals surface area contributed by atoms with Gasteiger partial charge in [-0.3, -0.25) is 0 Å². The van der Waals surface area contributed by atoms with Crippen LogP contribution in [0, 0.1) is 5.82 Å². The lowest BCUT2D eigenvalue weighted by Gasteiger charge is -2.10. The van der Waals surface area contributed by atoms with Gasteiger partial charge in [-0.1, -0.05) is 35.5 Å². The molecule has 0 bridgehead atoms. The van der Waals surface area contributed by atoms with Crippen molar-refractivity contribution < 1.29 is 23.4 Å². The van der Waals surface area contributed by atoms with Gasteiger partial charge in [0.15, 0.2) is 16.7 Å². The van der Waals surface area contributed by atoms with Gasteiger partial charge in [0, 0.05) is 16.8 Å². The Morgan fingerprint density at radius 1 is 1.18 bits per heavy atom. The second kappa shape index (κ2) is 9.56. The van der Waals surface area contributed by atoms with Crippen LogP contribution in [0.5, 0.6) is 11.5 Å². The molecule has 34 heavy (non-hydrogen) atoms. The number of carbonyl (C=O) groups is 1. The first kappa shape index (κ1) is 22.6. The van der Waals surface area contributed by atoms with Crippen LogP contribution >= 0.6 is 23.4 Å². The highest BCUT2D eigenvalue weighted by Crippen LogP contribution is 2.39. The van der Waals surface area contributed by atoms with Crippen molar-refractivity contribution in [2.45, 2.75) is 24.4 Å². The van der Waals surface area contributed by atoms with Crippen LogP contribution in [0.15, 0.2) is 59.8 Å². The number of rotatable bonds is 7. The molecule has 1 aliphatic heterocycles. The fraction of sp³-hybridized carbons (Fsp3) is 0.200. The second-order valence-corrected chi connectivity index (χ2v) is 8.97. The van der Waals surface area contributed by atoms with Crippen molar-refractivity contribution in [1.29, 1.82) is 0 Å². The van der Waals surface area contributed by atoms with Crippen LogP contribution in [-0.4, -0.2) is 28.9 Å². The summed E-state index contributed by atoms with van der Waals surface area (Å²) in [4.78, 5) is 17.0. The zero-order valence-electron chi connectivity index (χ0n) is 18.2. The molecule has 1 aliphatic rings. The molecule has 174 valence electrons. The van der Waals surface area contributed by atoms with Gasteiger partial charge in [-0.2, -0.15) is 0 Å². The fourth-order valence-corrected chi connectivity index (χ4v) is 5.05. The molecule has 0 N–H and O–H groups in total. The summed E-state index contributed by atoms with van der Waals surface area (Å²) in [5.41, 5.74) is 3.60. The maximum Gasteiger partial charge on any atom is 0.338 e. The molecule has 1 aromatic heterocycles. The van der Waals surface area contributed by atoms with Crippen LogP contribution < -0.4 is 9.47 Å². The molecule has 0 atom stereocenters. The van der Waals surface area contributed by atoms with Crippen molar-refractivity contribution in [3.05, 3.63) is 82.1 Å². The number of hydrogen-bond donors (Lipinski definition) is 0. The Morgan fingerprint density at radius 2 is 2.00 bits per heavy atom. The summed E-state index contributed by atoms with van der Waals surface area (Å²) in [7, 11) is 0. The zero-order chi connectivity index (χ0) is 23.7. The Labute approximate surface area is 204 Å². The predicted molar refractivity (Wildman–Crippen MR) is 128 cm³/mol. The summed E-state index contributed by atoms with van der Waals surface area (Å²) >= 11 is 7.95. The zero-order valence-corrected chi connectivity index (χ0v) is 19.8. The van der Waals surface area contributed by atoms with Gasteiger partial charge in [0.1, 0.15) is 5.82 Å². The van der Waals surface area contributed by atoms with Crippen molar-refractivity contribution in [1.82, 2.24) is 9.55 Å². The molecular formula is C25H20ClFN2O4S. The lowest BCUT2D eigenvalue weighted by atomic mass is 10.2. The predicted octanol–water partition coefficient (Wildman–Crippen LogP) is 6.07. The number of halogens is 2. The lowest BCUT2D eigenvalue weighted by molar-refractivity contribution is 0.0526. The topological polar surface area (TPSA) is 62.6 Å². The summed E-state index contributed by atoms with van der Waals surface area (Å²) in [5, 5.41) is 1.29. The Bertz CT molecular complexity index is 1390. The summed E-state index contributed by atoms with van der Waals surface area (Å²) in [6.45, 7) is 2.65. The van der Waals surface area contributed by atoms with E-state index < -0.39 is 5.97 Å². The van der Waals surface area contributed by atoms with Gasteiger partial charge in [0.2, 0.25) is 6.79 Å². The van der Waals surface area contributed by atoms with E-state index in [1.54, 1.807) is 31.2 Å². The summed E-state index contributed by atoms with van der Waals surface area (Å²) in [5.74, 6) is 1.13. The number of hydrogen-bond acceptors (Lipinski definition) is 6. The summed E-state index contributed by atoms with van der Waals surface area (Å²) in [6.07, 6.45) is 0. The van der Waals surface area contributed by atoms with Gasteiger partial charge < -0.3 is 18.8 Å². The van der Waals surface area contributed by atoms with Crippen LogP contribution in [-0.2, 0) is 17.0 Å². The quantitative estimate of drug-likeness (QED) is 0.227. The van der Waals surface area contributed by atoms with Crippen LogP contribution in [0.1, 0.15) is 28.4 Å². The van der Waals surface area contributed by atoms with Crippen LogP contribution in [0.2, 0.25) is 5.02 Å². The van der Waals surface area contributed by atoms with E-state index in [4.69, 9.17) is 30.8 Å². The molecule has 0 saturated carbocycles.